The smallest absolute Gasteiger partial charge is 0.0998 e. The molecule has 6 aromatic carbocycles. The maximum Gasteiger partial charge on any atom is 0.0998 e. The molecule has 0 saturated heterocycles. The summed E-state index contributed by atoms with van der Waals surface area (Å²) in [6, 6.07) is 51.5. The number of hydrogen-bond acceptors (Lipinski definition) is 6. The second kappa shape index (κ2) is 12.1. The van der Waals surface area contributed by atoms with Crippen LogP contribution in [0.3, 0.4) is 0 Å². The number of rotatable bonds is 5. The number of aromatic nitrogens is 4. The second-order valence-corrected chi connectivity index (χ2v) is 11.3. The molecule has 0 atom stereocenters. The lowest BCUT2D eigenvalue weighted by atomic mass is 9.98. The molecule has 6 nitrogen and oxygen atoms in total. The van der Waals surface area contributed by atoms with Crippen LogP contribution in [-0.2, 0) is 0 Å². The number of benzene rings is 6. The first-order valence-corrected chi connectivity index (χ1v) is 15.4. The van der Waals surface area contributed by atoms with Crippen molar-refractivity contribution >= 4 is 22.1 Å². The first-order chi connectivity index (χ1) is 23.7. The van der Waals surface area contributed by atoms with Gasteiger partial charge >= 0.3 is 0 Å². The zero-order valence-corrected chi connectivity index (χ0v) is 25.5. The quantitative estimate of drug-likeness (QED) is 0.192. The topological polar surface area (TPSA) is 99.1 Å². The average molecular weight is 613 g/mol. The highest BCUT2D eigenvalue weighted by atomic mass is 14.8. The van der Waals surface area contributed by atoms with E-state index in [1.807, 2.05) is 133 Å². The Bertz CT molecular complexity index is 2580. The molecule has 222 valence electrons. The number of nitriles is 2. The summed E-state index contributed by atoms with van der Waals surface area (Å²) in [7, 11) is 0. The number of fused-ring (bicyclic) bond motifs is 2. The van der Waals surface area contributed by atoms with Crippen LogP contribution in [0.4, 0.5) is 0 Å². The third-order valence-corrected chi connectivity index (χ3v) is 8.36. The van der Waals surface area contributed by atoms with Gasteiger partial charge in [-0.15, -0.1) is 0 Å². The molecule has 0 N–H and O–H groups in total. The van der Waals surface area contributed by atoms with E-state index in [-0.39, 0.29) is 0 Å². The molecule has 48 heavy (non-hydrogen) atoms. The van der Waals surface area contributed by atoms with Gasteiger partial charge in [0.25, 0.3) is 0 Å². The van der Waals surface area contributed by atoms with Crippen molar-refractivity contribution in [1.82, 2.24) is 19.9 Å². The molecule has 0 aliphatic rings. The normalized spacial score (nSPS) is 10.9. The maximum atomic E-state index is 9.91. The molecular formula is C42H24N6. The van der Waals surface area contributed by atoms with Gasteiger partial charge in [-0.05, 0) is 47.5 Å². The fourth-order valence-electron chi connectivity index (χ4n) is 6.01. The molecule has 2 heterocycles. The Labute approximate surface area is 276 Å². The summed E-state index contributed by atoms with van der Waals surface area (Å²) in [5.74, 6) is 0. The van der Waals surface area contributed by atoms with Crippen LogP contribution in [0, 0.1) is 22.7 Å². The Morgan fingerprint density at radius 1 is 0.333 bits per heavy atom. The Balaban J connectivity index is 1.29. The van der Waals surface area contributed by atoms with Gasteiger partial charge in [0, 0.05) is 22.3 Å². The van der Waals surface area contributed by atoms with E-state index in [2.05, 4.69) is 12.1 Å². The predicted octanol–water partition coefficient (Wildman–Crippen LogP) is 9.65. The lowest BCUT2D eigenvalue weighted by Gasteiger charge is -2.13. The highest BCUT2D eigenvalue weighted by Crippen LogP contribution is 2.36. The van der Waals surface area contributed by atoms with Gasteiger partial charge in [0.15, 0.2) is 0 Å². The van der Waals surface area contributed by atoms with E-state index in [0.717, 1.165) is 61.1 Å². The van der Waals surface area contributed by atoms with Crippen LogP contribution < -0.4 is 0 Å². The van der Waals surface area contributed by atoms with Gasteiger partial charge in [0.1, 0.15) is 0 Å². The van der Waals surface area contributed by atoms with E-state index in [9.17, 15) is 10.5 Å². The zero-order chi connectivity index (χ0) is 32.5. The fourth-order valence-corrected chi connectivity index (χ4v) is 6.01. The molecule has 0 saturated carbocycles. The van der Waals surface area contributed by atoms with Crippen molar-refractivity contribution in [3.8, 4) is 68.3 Å². The van der Waals surface area contributed by atoms with Crippen LogP contribution in [0.15, 0.2) is 146 Å². The minimum atomic E-state index is 0.540. The predicted molar refractivity (Wildman–Crippen MR) is 189 cm³/mol. The van der Waals surface area contributed by atoms with E-state index < -0.39 is 0 Å². The van der Waals surface area contributed by atoms with Crippen molar-refractivity contribution < 1.29 is 0 Å². The molecule has 0 aliphatic carbocycles. The van der Waals surface area contributed by atoms with Crippen molar-refractivity contribution in [2.45, 2.75) is 0 Å². The average Bonchev–Trinajstić information content (AvgIpc) is 3.17. The third kappa shape index (κ3) is 5.10. The minimum absolute atomic E-state index is 0.540. The molecule has 0 bridgehead atoms. The summed E-state index contributed by atoms with van der Waals surface area (Å²) in [6.07, 6.45) is 0. The van der Waals surface area contributed by atoms with Gasteiger partial charge in [-0.25, -0.2) is 19.9 Å². The van der Waals surface area contributed by atoms with E-state index in [1.165, 1.54) is 0 Å². The highest BCUT2D eigenvalue weighted by molar-refractivity contribution is 5.93. The molecular weight excluding hydrogens is 589 g/mol. The molecule has 8 aromatic rings. The summed E-state index contributed by atoms with van der Waals surface area (Å²) >= 11 is 0. The van der Waals surface area contributed by atoms with Gasteiger partial charge in [0.2, 0.25) is 0 Å². The zero-order valence-electron chi connectivity index (χ0n) is 25.5. The van der Waals surface area contributed by atoms with E-state index in [0.29, 0.717) is 28.2 Å². The number of hydrogen-bond donors (Lipinski definition) is 0. The Kier molecular flexibility index (Phi) is 7.15. The van der Waals surface area contributed by atoms with Crippen molar-refractivity contribution in [2.24, 2.45) is 0 Å². The van der Waals surface area contributed by atoms with Crippen molar-refractivity contribution in [2.75, 3.05) is 0 Å². The Morgan fingerprint density at radius 3 is 1.17 bits per heavy atom. The van der Waals surface area contributed by atoms with Gasteiger partial charge in [-0.1, -0.05) is 109 Å². The van der Waals surface area contributed by atoms with E-state index in [1.54, 1.807) is 12.1 Å². The largest absolute Gasteiger partial charge is 0.244 e. The van der Waals surface area contributed by atoms with Crippen LogP contribution in [0.1, 0.15) is 11.1 Å². The molecule has 8 rings (SSSR count). The molecule has 0 fully saturated rings. The summed E-state index contributed by atoms with van der Waals surface area (Å²) < 4.78 is 0. The fraction of sp³-hybridized carbons (Fsp3) is 0. The van der Waals surface area contributed by atoms with Crippen LogP contribution in [0.25, 0.3) is 78.2 Å². The SMILES string of the molecule is N#Cc1ccccc1-c1nc2ccc(-c3ccc4nc(-c5ccccc5)c(-c5ccccc5C#N)nc4c3)cc2nc1-c1ccccc1. The first-order valence-electron chi connectivity index (χ1n) is 15.4. The first kappa shape index (κ1) is 28.5. The van der Waals surface area contributed by atoms with Gasteiger partial charge in [-0.2, -0.15) is 10.5 Å². The van der Waals surface area contributed by atoms with Crippen LogP contribution in [-0.4, -0.2) is 19.9 Å². The summed E-state index contributed by atoms with van der Waals surface area (Å²) in [4.78, 5) is 20.4. The third-order valence-electron chi connectivity index (χ3n) is 8.36. The molecule has 0 radical (unpaired) electrons. The lowest BCUT2D eigenvalue weighted by molar-refractivity contribution is 1.28. The summed E-state index contributed by atoms with van der Waals surface area (Å²) in [6.45, 7) is 0. The summed E-state index contributed by atoms with van der Waals surface area (Å²) in [5.41, 5.74) is 12.0. The van der Waals surface area contributed by atoms with Crippen LogP contribution in [0.2, 0.25) is 0 Å². The maximum absolute atomic E-state index is 9.91. The van der Waals surface area contributed by atoms with E-state index in [4.69, 9.17) is 19.9 Å². The van der Waals surface area contributed by atoms with Crippen LogP contribution >= 0.6 is 0 Å². The van der Waals surface area contributed by atoms with Gasteiger partial charge < -0.3 is 0 Å². The van der Waals surface area contributed by atoms with Crippen LogP contribution in [0.5, 0.6) is 0 Å². The molecule has 0 amide bonds. The van der Waals surface area contributed by atoms with Crippen molar-refractivity contribution in [1.29, 1.82) is 10.5 Å². The molecule has 6 heteroatoms. The lowest BCUT2D eigenvalue weighted by Crippen LogP contribution is -1.98. The van der Waals surface area contributed by atoms with Gasteiger partial charge in [-0.3, -0.25) is 0 Å². The van der Waals surface area contributed by atoms with Gasteiger partial charge in [0.05, 0.1) is 68.1 Å². The van der Waals surface area contributed by atoms with Crippen molar-refractivity contribution in [3.05, 3.63) is 157 Å². The van der Waals surface area contributed by atoms with Crippen molar-refractivity contribution in [3.63, 3.8) is 0 Å². The molecule has 0 spiro atoms. The Hall–Kier alpha value is -7.02. The monoisotopic (exact) mass is 612 g/mol. The minimum Gasteiger partial charge on any atom is -0.244 e. The molecule has 2 aromatic heterocycles. The Morgan fingerprint density at radius 2 is 0.708 bits per heavy atom. The number of nitrogens with zero attached hydrogens (tertiary/aromatic N) is 6. The molecule has 0 unspecified atom stereocenters. The second-order valence-electron chi connectivity index (χ2n) is 11.3. The van der Waals surface area contributed by atoms with E-state index >= 15 is 0 Å². The standard InChI is InChI=1S/C42H24N6/c43-25-31-15-7-9-17-33(31)41-40(28-13-5-2-6-14-28)47-37-23-29(20-22-36(37)46-41)30-19-21-35-38(24-30)48-42(34-18-10-8-16-32(34)26-44)39(45-35)27-11-3-1-4-12-27/h1-24H. The molecule has 0 aliphatic heterocycles. The summed E-state index contributed by atoms with van der Waals surface area (Å²) in [5, 5.41) is 19.8. The highest BCUT2D eigenvalue weighted by Gasteiger charge is 2.18.